The second kappa shape index (κ2) is 9.00. The SMILES string of the molecule is CC=CC(=CC)C1CNCC1NC(=O)C1CCc2[nH]nc(-c3ccc4ncsc4c3)c2C1. The molecule has 3 N–H and O–H groups in total. The Balaban J connectivity index is 1.33. The van der Waals surface area contributed by atoms with Crippen molar-refractivity contribution in [3.05, 3.63) is 58.8 Å². The number of nitrogens with zero attached hydrogens (tertiary/aromatic N) is 2. The van der Waals surface area contributed by atoms with Gasteiger partial charge >= 0.3 is 0 Å². The van der Waals surface area contributed by atoms with Crippen molar-refractivity contribution in [2.45, 2.75) is 39.2 Å². The average molecular weight is 448 g/mol. The van der Waals surface area contributed by atoms with E-state index in [9.17, 15) is 4.79 Å². The molecule has 1 aliphatic carbocycles. The molecule has 2 aromatic heterocycles. The number of H-pyrrole nitrogens is 1. The molecule has 5 rings (SSSR count). The fourth-order valence-corrected chi connectivity index (χ4v) is 5.78. The number of nitrogens with one attached hydrogen (secondary N) is 3. The van der Waals surface area contributed by atoms with Crippen molar-refractivity contribution in [1.82, 2.24) is 25.8 Å². The van der Waals surface area contributed by atoms with E-state index in [0.717, 1.165) is 59.5 Å². The predicted molar refractivity (Wildman–Crippen MR) is 130 cm³/mol. The van der Waals surface area contributed by atoms with Crippen LogP contribution in [0.3, 0.4) is 0 Å². The Morgan fingerprint density at radius 3 is 3.03 bits per heavy atom. The number of carbonyl (C=O) groups excluding carboxylic acids is 1. The summed E-state index contributed by atoms with van der Waals surface area (Å²) in [4.78, 5) is 17.6. The van der Waals surface area contributed by atoms with Gasteiger partial charge in [-0.25, -0.2) is 4.98 Å². The van der Waals surface area contributed by atoms with Crippen LogP contribution < -0.4 is 10.6 Å². The number of benzene rings is 1. The minimum atomic E-state index is -0.0250. The van der Waals surface area contributed by atoms with E-state index < -0.39 is 0 Å². The lowest BCUT2D eigenvalue weighted by molar-refractivity contribution is -0.126. The van der Waals surface area contributed by atoms with E-state index in [4.69, 9.17) is 0 Å². The Morgan fingerprint density at radius 1 is 1.28 bits per heavy atom. The fraction of sp³-hybridized carbons (Fsp3) is 0.400. The summed E-state index contributed by atoms with van der Waals surface area (Å²) in [6.45, 7) is 5.82. The number of allylic oxidation sites excluding steroid dienone is 3. The molecule has 3 aromatic rings. The first-order valence-electron chi connectivity index (χ1n) is 11.4. The number of hydrogen-bond donors (Lipinski definition) is 3. The third-order valence-electron chi connectivity index (χ3n) is 6.78. The molecule has 0 saturated carbocycles. The van der Waals surface area contributed by atoms with Crippen molar-refractivity contribution in [3.8, 4) is 11.3 Å². The number of aromatic amines is 1. The van der Waals surface area contributed by atoms with Crippen molar-refractivity contribution in [2.75, 3.05) is 13.1 Å². The van der Waals surface area contributed by atoms with E-state index in [-0.39, 0.29) is 17.9 Å². The van der Waals surface area contributed by atoms with Crippen LogP contribution in [0.2, 0.25) is 0 Å². The quantitative estimate of drug-likeness (QED) is 0.516. The molecule has 1 aliphatic heterocycles. The van der Waals surface area contributed by atoms with Gasteiger partial charge in [-0.15, -0.1) is 11.3 Å². The lowest BCUT2D eigenvalue weighted by Crippen LogP contribution is -2.44. The zero-order valence-corrected chi connectivity index (χ0v) is 19.3. The summed E-state index contributed by atoms with van der Waals surface area (Å²) in [5, 5.41) is 14.7. The number of hydrogen-bond acceptors (Lipinski definition) is 5. The van der Waals surface area contributed by atoms with Crippen LogP contribution >= 0.6 is 11.3 Å². The van der Waals surface area contributed by atoms with Crippen LogP contribution in [0.25, 0.3) is 21.5 Å². The maximum Gasteiger partial charge on any atom is 0.223 e. The number of aryl methyl sites for hydroxylation is 1. The van der Waals surface area contributed by atoms with Gasteiger partial charge in [-0.1, -0.05) is 24.3 Å². The number of thiazole rings is 1. The van der Waals surface area contributed by atoms with Crippen molar-refractivity contribution >= 4 is 27.5 Å². The Bertz CT molecular complexity index is 1190. The molecule has 7 heteroatoms. The largest absolute Gasteiger partial charge is 0.351 e. The van der Waals surface area contributed by atoms with Gasteiger partial charge in [0.1, 0.15) is 0 Å². The lowest BCUT2D eigenvalue weighted by atomic mass is 9.84. The monoisotopic (exact) mass is 447 g/mol. The van der Waals surface area contributed by atoms with Gasteiger partial charge in [-0.2, -0.15) is 5.10 Å². The highest BCUT2D eigenvalue weighted by atomic mass is 32.1. The van der Waals surface area contributed by atoms with E-state index in [1.54, 1.807) is 11.3 Å². The third kappa shape index (κ3) is 3.91. The summed E-state index contributed by atoms with van der Waals surface area (Å²) >= 11 is 1.64. The van der Waals surface area contributed by atoms with Gasteiger partial charge in [0.2, 0.25) is 5.91 Å². The second-order valence-corrected chi connectivity index (χ2v) is 9.56. The zero-order valence-electron chi connectivity index (χ0n) is 18.5. The molecular formula is C25H29N5OS. The first-order chi connectivity index (χ1) is 15.7. The Hall–Kier alpha value is -2.77. The second-order valence-electron chi connectivity index (χ2n) is 8.67. The van der Waals surface area contributed by atoms with Crippen LogP contribution in [0.4, 0.5) is 0 Å². The molecule has 3 unspecified atom stereocenters. The zero-order chi connectivity index (χ0) is 22.1. The van der Waals surface area contributed by atoms with Crippen LogP contribution in [0, 0.1) is 11.8 Å². The fourth-order valence-electron chi connectivity index (χ4n) is 5.07. The van der Waals surface area contributed by atoms with Gasteiger partial charge in [0.15, 0.2) is 0 Å². The molecule has 3 heterocycles. The van der Waals surface area contributed by atoms with Crippen molar-refractivity contribution < 1.29 is 4.79 Å². The van der Waals surface area contributed by atoms with Gasteiger partial charge < -0.3 is 10.6 Å². The Labute approximate surface area is 192 Å². The number of aromatic nitrogens is 3. The maximum absolute atomic E-state index is 13.3. The lowest BCUT2D eigenvalue weighted by Gasteiger charge is -2.26. The molecule has 166 valence electrons. The normalized spacial score (nSPS) is 23.7. The van der Waals surface area contributed by atoms with E-state index in [2.05, 4.69) is 63.1 Å². The van der Waals surface area contributed by atoms with Gasteiger partial charge in [0, 0.05) is 47.8 Å². The highest BCUT2D eigenvalue weighted by molar-refractivity contribution is 7.16. The van der Waals surface area contributed by atoms with Gasteiger partial charge in [0.05, 0.1) is 21.4 Å². The summed E-state index contributed by atoms with van der Waals surface area (Å²) in [5.74, 6) is 0.452. The van der Waals surface area contributed by atoms with Crippen molar-refractivity contribution in [3.63, 3.8) is 0 Å². The van der Waals surface area contributed by atoms with E-state index in [1.807, 2.05) is 18.5 Å². The molecule has 6 nitrogen and oxygen atoms in total. The first kappa shape index (κ1) is 21.1. The highest BCUT2D eigenvalue weighted by Crippen LogP contribution is 2.34. The Morgan fingerprint density at radius 2 is 2.19 bits per heavy atom. The van der Waals surface area contributed by atoms with E-state index >= 15 is 0 Å². The maximum atomic E-state index is 13.3. The molecule has 1 saturated heterocycles. The minimum Gasteiger partial charge on any atom is -0.351 e. The van der Waals surface area contributed by atoms with Gasteiger partial charge in [-0.3, -0.25) is 9.89 Å². The molecule has 1 fully saturated rings. The first-order valence-corrected chi connectivity index (χ1v) is 12.3. The Kier molecular flexibility index (Phi) is 5.93. The standard InChI is InChI=1S/C25H29N5OS/c1-3-5-15(4-2)19-12-26-13-22(19)28-25(31)17-7-8-20-18(10-17)24(30-29-20)16-6-9-21-23(11-16)32-14-27-21/h3-6,9,11,14,17,19,22,26H,7-8,10,12-13H2,1-2H3,(H,28,31)(H,29,30). The molecule has 0 radical (unpaired) electrons. The van der Waals surface area contributed by atoms with E-state index in [1.165, 1.54) is 11.1 Å². The molecule has 3 atom stereocenters. The number of fused-ring (bicyclic) bond motifs is 2. The van der Waals surface area contributed by atoms with Crippen LogP contribution in [-0.2, 0) is 17.6 Å². The minimum absolute atomic E-state index is 0.0250. The molecule has 1 aromatic carbocycles. The van der Waals surface area contributed by atoms with Gasteiger partial charge in [-0.05, 0) is 50.8 Å². The number of rotatable bonds is 5. The van der Waals surface area contributed by atoms with Crippen molar-refractivity contribution in [1.29, 1.82) is 0 Å². The highest BCUT2D eigenvalue weighted by Gasteiger charge is 2.34. The summed E-state index contributed by atoms with van der Waals surface area (Å²) in [6.07, 6.45) is 8.81. The molecule has 2 aliphatic rings. The van der Waals surface area contributed by atoms with Crippen LogP contribution in [0.1, 0.15) is 31.5 Å². The molecular weight excluding hydrogens is 418 g/mol. The number of amides is 1. The third-order valence-corrected chi connectivity index (χ3v) is 7.58. The summed E-state index contributed by atoms with van der Waals surface area (Å²) in [6, 6.07) is 6.41. The van der Waals surface area contributed by atoms with Gasteiger partial charge in [0.25, 0.3) is 0 Å². The smallest absolute Gasteiger partial charge is 0.223 e. The van der Waals surface area contributed by atoms with Crippen LogP contribution in [0.15, 0.2) is 47.5 Å². The molecule has 0 bridgehead atoms. The predicted octanol–water partition coefficient (Wildman–Crippen LogP) is 4.02. The van der Waals surface area contributed by atoms with Crippen LogP contribution in [-0.4, -0.2) is 40.2 Å². The molecule has 0 spiro atoms. The van der Waals surface area contributed by atoms with Crippen LogP contribution in [0.5, 0.6) is 0 Å². The summed E-state index contributed by atoms with van der Waals surface area (Å²) in [5.41, 5.74) is 8.57. The average Bonchev–Trinajstić information content (AvgIpc) is 3.55. The van der Waals surface area contributed by atoms with Crippen molar-refractivity contribution in [2.24, 2.45) is 11.8 Å². The van der Waals surface area contributed by atoms with E-state index in [0.29, 0.717) is 5.92 Å². The molecule has 1 amide bonds. The summed E-state index contributed by atoms with van der Waals surface area (Å²) in [7, 11) is 0. The topological polar surface area (TPSA) is 82.7 Å². The number of carbonyl (C=O) groups is 1. The molecule has 32 heavy (non-hydrogen) atoms. The summed E-state index contributed by atoms with van der Waals surface area (Å²) < 4.78 is 1.16.